The summed E-state index contributed by atoms with van der Waals surface area (Å²) in [6.45, 7) is 0.221. The fraction of sp³-hybridized carbons (Fsp3) is 0.176. The summed E-state index contributed by atoms with van der Waals surface area (Å²) in [4.78, 5) is 26.0. The van der Waals surface area contributed by atoms with E-state index in [1.165, 1.54) is 4.90 Å². The maximum Gasteiger partial charge on any atom is 0.229 e. The Hall–Kier alpha value is -2.28. The molecule has 0 bridgehead atoms. The molecule has 4 nitrogen and oxygen atoms in total. The van der Waals surface area contributed by atoms with Gasteiger partial charge in [-0.05, 0) is 30.3 Å². The number of hydrogen-bond acceptors (Lipinski definition) is 2. The SMILES string of the molecule is O=C(Nc1cc(F)cc(F)c1)C1CC(=O)N(c2cccc(Br)c2)C1. The van der Waals surface area contributed by atoms with Crippen LogP contribution in [0.15, 0.2) is 46.9 Å². The number of nitrogens with one attached hydrogen (secondary N) is 1. The highest BCUT2D eigenvalue weighted by Crippen LogP contribution is 2.28. The molecule has 2 aromatic rings. The van der Waals surface area contributed by atoms with Crippen LogP contribution in [0.3, 0.4) is 0 Å². The molecule has 3 rings (SSSR count). The zero-order valence-corrected chi connectivity index (χ0v) is 14.0. The van der Waals surface area contributed by atoms with Crippen LogP contribution in [0.25, 0.3) is 0 Å². The van der Waals surface area contributed by atoms with Crippen LogP contribution in [-0.4, -0.2) is 18.4 Å². The molecule has 0 aliphatic carbocycles. The molecule has 1 saturated heterocycles. The lowest BCUT2D eigenvalue weighted by Gasteiger charge is -2.17. The second-order valence-corrected chi connectivity index (χ2v) is 6.45. The van der Waals surface area contributed by atoms with Crippen molar-refractivity contribution < 1.29 is 18.4 Å². The summed E-state index contributed by atoms with van der Waals surface area (Å²) in [5, 5.41) is 2.46. The van der Waals surface area contributed by atoms with Crippen molar-refractivity contribution in [2.75, 3.05) is 16.8 Å². The maximum absolute atomic E-state index is 13.2. The van der Waals surface area contributed by atoms with Gasteiger partial charge in [-0.25, -0.2) is 8.78 Å². The highest BCUT2D eigenvalue weighted by molar-refractivity contribution is 9.10. The number of halogens is 3. The van der Waals surface area contributed by atoms with E-state index in [1.807, 2.05) is 6.07 Å². The van der Waals surface area contributed by atoms with Gasteiger partial charge in [-0.2, -0.15) is 0 Å². The number of benzene rings is 2. The van der Waals surface area contributed by atoms with E-state index < -0.39 is 23.5 Å². The Bertz CT molecular complexity index is 793. The number of nitrogens with zero attached hydrogens (tertiary/aromatic N) is 1. The molecule has 1 atom stereocenters. The Labute approximate surface area is 145 Å². The van der Waals surface area contributed by atoms with Crippen molar-refractivity contribution >= 4 is 39.1 Å². The number of anilines is 2. The van der Waals surface area contributed by atoms with Gasteiger partial charge in [-0.1, -0.05) is 22.0 Å². The van der Waals surface area contributed by atoms with Gasteiger partial charge >= 0.3 is 0 Å². The summed E-state index contributed by atoms with van der Waals surface area (Å²) < 4.78 is 27.2. The highest BCUT2D eigenvalue weighted by Gasteiger charge is 2.35. The van der Waals surface area contributed by atoms with E-state index in [0.29, 0.717) is 5.69 Å². The molecule has 1 unspecified atom stereocenters. The molecule has 1 fully saturated rings. The first-order valence-corrected chi connectivity index (χ1v) is 8.04. The molecule has 124 valence electrons. The molecule has 0 spiro atoms. The molecule has 0 saturated carbocycles. The van der Waals surface area contributed by atoms with Gasteiger partial charge in [-0.15, -0.1) is 0 Å². The van der Waals surface area contributed by atoms with Crippen LogP contribution >= 0.6 is 15.9 Å². The van der Waals surface area contributed by atoms with E-state index in [4.69, 9.17) is 0 Å². The number of carbonyl (C=O) groups excluding carboxylic acids is 2. The zero-order chi connectivity index (χ0) is 17.3. The van der Waals surface area contributed by atoms with E-state index in [0.717, 1.165) is 22.7 Å². The molecule has 7 heteroatoms. The predicted octanol–water partition coefficient (Wildman–Crippen LogP) is 3.72. The van der Waals surface area contributed by atoms with Gasteiger partial charge < -0.3 is 10.2 Å². The first-order valence-electron chi connectivity index (χ1n) is 7.25. The Balaban J connectivity index is 1.72. The molecule has 2 aromatic carbocycles. The number of hydrogen-bond donors (Lipinski definition) is 1. The average molecular weight is 395 g/mol. The maximum atomic E-state index is 13.2. The predicted molar refractivity (Wildman–Crippen MR) is 89.6 cm³/mol. The summed E-state index contributed by atoms with van der Waals surface area (Å²) in [6.07, 6.45) is 0.0517. The Morgan fingerprint density at radius 3 is 2.54 bits per heavy atom. The second-order valence-electron chi connectivity index (χ2n) is 5.53. The third kappa shape index (κ3) is 3.62. The minimum absolute atomic E-state index is 0.0332. The summed E-state index contributed by atoms with van der Waals surface area (Å²) >= 11 is 3.34. The van der Waals surface area contributed by atoms with E-state index >= 15 is 0 Å². The lowest BCUT2D eigenvalue weighted by Crippen LogP contribution is -2.28. The van der Waals surface area contributed by atoms with Crippen molar-refractivity contribution in [2.24, 2.45) is 5.92 Å². The summed E-state index contributed by atoms with van der Waals surface area (Å²) in [6, 6.07) is 10.0. The quantitative estimate of drug-likeness (QED) is 0.862. The van der Waals surface area contributed by atoms with Crippen LogP contribution in [0.4, 0.5) is 20.2 Å². The lowest BCUT2D eigenvalue weighted by atomic mass is 10.1. The summed E-state index contributed by atoms with van der Waals surface area (Å²) in [5.74, 6) is -2.74. The molecule has 1 N–H and O–H groups in total. The summed E-state index contributed by atoms with van der Waals surface area (Å²) in [7, 11) is 0. The number of rotatable bonds is 3. The van der Waals surface area contributed by atoms with Gasteiger partial charge in [0.1, 0.15) is 11.6 Å². The Morgan fingerprint density at radius 1 is 1.17 bits per heavy atom. The zero-order valence-electron chi connectivity index (χ0n) is 12.4. The normalized spacial score (nSPS) is 17.2. The fourth-order valence-electron chi connectivity index (χ4n) is 2.65. The monoisotopic (exact) mass is 394 g/mol. The molecule has 1 aliphatic rings. The van der Waals surface area contributed by atoms with Crippen molar-refractivity contribution in [3.63, 3.8) is 0 Å². The fourth-order valence-corrected chi connectivity index (χ4v) is 3.03. The van der Waals surface area contributed by atoms with Crippen LogP contribution in [0, 0.1) is 17.6 Å². The van der Waals surface area contributed by atoms with Crippen molar-refractivity contribution in [1.29, 1.82) is 0 Å². The van der Waals surface area contributed by atoms with Gasteiger partial charge in [0.25, 0.3) is 0 Å². The van der Waals surface area contributed by atoms with Gasteiger partial charge in [-0.3, -0.25) is 9.59 Å². The first kappa shape index (κ1) is 16.6. The van der Waals surface area contributed by atoms with Crippen molar-refractivity contribution in [3.05, 3.63) is 58.6 Å². The second kappa shape index (κ2) is 6.68. The molecule has 2 amide bonds. The Morgan fingerprint density at radius 2 is 1.88 bits per heavy atom. The van der Waals surface area contributed by atoms with Crippen molar-refractivity contribution in [3.8, 4) is 0 Å². The third-order valence-corrected chi connectivity index (χ3v) is 4.24. The van der Waals surface area contributed by atoms with E-state index in [2.05, 4.69) is 21.2 Å². The van der Waals surface area contributed by atoms with Crippen molar-refractivity contribution in [2.45, 2.75) is 6.42 Å². The molecule has 1 aliphatic heterocycles. The molecule has 24 heavy (non-hydrogen) atoms. The van der Waals surface area contributed by atoms with Crippen LogP contribution in [0.5, 0.6) is 0 Å². The Kier molecular flexibility index (Phi) is 4.62. The van der Waals surface area contributed by atoms with Crippen molar-refractivity contribution in [1.82, 2.24) is 0 Å². The van der Waals surface area contributed by atoms with Crippen LogP contribution in [0.1, 0.15) is 6.42 Å². The summed E-state index contributed by atoms with van der Waals surface area (Å²) in [5.41, 5.74) is 0.729. The van der Waals surface area contributed by atoms with Gasteiger partial charge in [0.15, 0.2) is 0 Å². The highest BCUT2D eigenvalue weighted by atomic mass is 79.9. The lowest BCUT2D eigenvalue weighted by molar-refractivity contribution is -0.122. The molecule has 0 radical (unpaired) electrons. The molecular weight excluding hydrogens is 382 g/mol. The molecular formula is C17H13BrF2N2O2. The van der Waals surface area contributed by atoms with E-state index in [-0.39, 0.29) is 24.6 Å². The third-order valence-electron chi connectivity index (χ3n) is 3.75. The standard InChI is InChI=1S/C17H13BrF2N2O2/c18-11-2-1-3-15(5-11)22-9-10(4-16(22)23)17(24)21-14-7-12(19)6-13(20)8-14/h1-3,5-8,10H,4,9H2,(H,21,24). The molecule has 0 aromatic heterocycles. The van der Waals surface area contributed by atoms with Crippen LogP contribution in [0.2, 0.25) is 0 Å². The number of amides is 2. The largest absolute Gasteiger partial charge is 0.326 e. The minimum atomic E-state index is -0.774. The molecule has 1 heterocycles. The minimum Gasteiger partial charge on any atom is -0.326 e. The number of carbonyl (C=O) groups is 2. The topological polar surface area (TPSA) is 49.4 Å². The van der Waals surface area contributed by atoms with Crippen LogP contribution in [-0.2, 0) is 9.59 Å². The van der Waals surface area contributed by atoms with Gasteiger partial charge in [0.05, 0.1) is 5.92 Å². The van der Waals surface area contributed by atoms with Gasteiger partial charge in [0.2, 0.25) is 11.8 Å². The smallest absolute Gasteiger partial charge is 0.229 e. The van der Waals surface area contributed by atoms with Gasteiger partial charge in [0, 0.05) is 34.9 Å². The van der Waals surface area contributed by atoms with E-state index in [1.54, 1.807) is 18.2 Å². The average Bonchev–Trinajstić information content (AvgIpc) is 2.88. The van der Waals surface area contributed by atoms with Crippen LogP contribution < -0.4 is 10.2 Å². The first-order chi connectivity index (χ1) is 11.4. The van der Waals surface area contributed by atoms with E-state index in [9.17, 15) is 18.4 Å².